The number of halogens is 1. The quantitative estimate of drug-likeness (QED) is 0.842. The summed E-state index contributed by atoms with van der Waals surface area (Å²) >= 11 is 6.14. The molecule has 1 aromatic carbocycles. The Bertz CT molecular complexity index is 537. The molecule has 3 atom stereocenters. The van der Waals surface area contributed by atoms with E-state index in [1.165, 1.54) is 7.11 Å². The lowest BCUT2D eigenvalue weighted by atomic mass is 10.0. The van der Waals surface area contributed by atoms with Crippen LogP contribution in [0.4, 0.5) is 5.69 Å². The van der Waals surface area contributed by atoms with Crippen LogP contribution in [0.15, 0.2) is 12.1 Å². The second-order valence-electron chi connectivity index (χ2n) is 5.34. The van der Waals surface area contributed by atoms with Crippen LogP contribution in [0.5, 0.6) is 0 Å². The smallest absolute Gasteiger partial charge is 0.338 e. The highest BCUT2D eigenvalue weighted by Crippen LogP contribution is 2.29. The summed E-state index contributed by atoms with van der Waals surface area (Å²) in [6, 6.07) is 3.43. The van der Waals surface area contributed by atoms with Gasteiger partial charge in [0, 0.05) is 17.8 Å². The Morgan fingerprint density at radius 3 is 2.77 bits per heavy atom. The zero-order valence-electron chi connectivity index (χ0n) is 13.3. The van der Waals surface area contributed by atoms with Gasteiger partial charge in [0.1, 0.15) is 6.10 Å². The lowest BCUT2D eigenvalue weighted by Crippen LogP contribution is -2.38. The molecule has 0 bridgehead atoms. The van der Waals surface area contributed by atoms with Crippen molar-refractivity contribution in [3.8, 4) is 0 Å². The first-order chi connectivity index (χ1) is 10.5. The number of carbonyl (C=O) groups is 1. The standard InChI is InChI=1S/C16H22ClNO4/c1-5-13-15(14(20-3)8-22-13)18-12-7-10(17)6-11(9(12)2)16(19)21-4/h6-7,13-15,18H,5,8H2,1-4H3/t13-,14?,15-/m1/s1. The normalized spacial score (nSPS) is 24.3. The molecule has 1 aromatic rings. The molecule has 5 nitrogen and oxygen atoms in total. The van der Waals surface area contributed by atoms with Crippen LogP contribution in [0.25, 0.3) is 0 Å². The molecule has 2 rings (SSSR count). The summed E-state index contributed by atoms with van der Waals surface area (Å²) in [5.41, 5.74) is 2.05. The van der Waals surface area contributed by atoms with Gasteiger partial charge in [0.05, 0.1) is 31.4 Å². The van der Waals surface area contributed by atoms with Gasteiger partial charge in [-0.1, -0.05) is 18.5 Å². The van der Waals surface area contributed by atoms with Gasteiger partial charge in [-0.25, -0.2) is 4.79 Å². The molecule has 1 aliphatic heterocycles. The van der Waals surface area contributed by atoms with Crippen molar-refractivity contribution in [2.24, 2.45) is 0 Å². The van der Waals surface area contributed by atoms with Crippen LogP contribution >= 0.6 is 11.6 Å². The first kappa shape index (κ1) is 17.1. The molecule has 22 heavy (non-hydrogen) atoms. The van der Waals surface area contributed by atoms with E-state index in [1.807, 2.05) is 6.92 Å². The first-order valence-electron chi connectivity index (χ1n) is 7.31. The lowest BCUT2D eigenvalue weighted by molar-refractivity contribution is 0.0600. The van der Waals surface area contributed by atoms with Crippen LogP contribution in [-0.4, -0.2) is 45.0 Å². The maximum absolute atomic E-state index is 11.9. The number of carbonyl (C=O) groups excluding carboxylic acids is 1. The number of rotatable bonds is 5. The Hall–Kier alpha value is -1.30. The van der Waals surface area contributed by atoms with Crippen molar-refractivity contribution >= 4 is 23.3 Å². The molecule has 1 aliphatic rings. The van der Waals surface area contributed by atoms with E-state index in [0.717, 1.165) is 17.7 Å². The fourth-order valence-electron chi connectivity index (χ4n) is 2.77. The van der Waals surface area contributed by atoms with Gasteiger partial charge in [-0.05, 0) is 31.0 Å². The predicted molar refractivity (Wildman–Crippen MR) is 85.8 cm³/mol. The Balaban J connectivity index is 2.32. The highest BCUT2D eigenvalue weighted by molar-refractivity contribution is 6.31. The zero-order chi connectivity index (χ0) is 16.3. The summed E-state index contributed by atoms with van der Waals surface area (Å²) in [5, 5.41) is 3.91. The number of hydrogen-bond donors (Lipinski definition) is 1. The molecule has 1 N–H and O–H groups in total. The molecule has 1 unspecified atom stereocenters. The van der Waals surface area contributed by atoms with Crippen LogP contribution in [0, 0.1) is 6.92 Å². The third-order valence-electron chi connectivity index (χ3n) is 4.08. The Labute approximate surface area is 135 Å². The number of esters is 1. The van der Waals surface area contributed by atoms with E-state index in [0.29, 0.717) is 17.2 Å². The number of methoxy groups -OCH3 is 2. The van der Waals surface area contributed by atoms with E-state index >= 15 is 0 Å². The molecular weight excluding hydrogens is 306 g/mol. The van der Waals surface area contributed by atoms with Crippen LogP contribution in [-0.2, 0) is 14.2 Å². The molecule has 0 amide bonds. The summed E-state index contributed by atoms with van der Waals surface area (Å²) in [7, 11) is 3.03. The third kappa shape index (κ3) is 3.37. The molecular formula is C16H22ClNO4. The van der Waals surface area contributed by atoms with Gasteiger partial charge < -0.3 is 19.5 Å². The molecule has 0 aliphatic carbocycles. The highest BCUT2D eigenvalue weighted by atomic mass is 35.5. The van der Waals surface area contributed by atoms with E-state index in [9.17, 15) is 4.79 Å². The largest absolute Gasteiger partial charge is 0.465 e. The van der Waals surface area contributed by atoms with Gasteiger partial charge in [0.25, 0.3) is 0 Å². The van der Waals surface area contributed by atoms with E-state index in [-0.39, 0.29) is 18.2 Å². The molecule has 0 saturated carbocycles. The second-order valence-corrected chi connectivity index (χ2v) is 5.78. The number of ether oxygens (including phenoxy) is 3. The van der Waals surface area contributed by atoms with Crippen molar-refractivity contribution in [2.75, 3.05) is 26.1 Å². The van der Waals surface area contributed by atoms with Crippen molar-refractivity contribution in [2.45, 2.75) is 38.5 Å². The topological polar surface area (TPSA) is 56.8 Å². The zero-order valence-corrected chi connectivity index (χ0v) is 14.1. The number of hydrogen-bond acceptors (Lipinski definition) is 5. The van der Waals surface area contributed by atoms with Gasteiger partial charge >= 0.3 is 5.97 Å². The van der Waals surface area contributed by atoms with E-state index in [1.54, 1.807) is 19.2 Å². The maximum atomic E-state index is 11.9. The number of benzene rings is 1. The average Bonchev–Trinajstić information content (AvgIpc) is 2.91. The van der Waals surface area contributed by atoms with Crippen LogP contribution in [0.2, 0.25) is 5.02 Å². The monoisotopic (exact) mass is 327 g/mol. The fraction of sp³-hybridized carbons (Fsp3) is 0.562. The van der Waals surface area contributed by atoms with Crippen molar-refractivity contribution in [3.63, 3.8) is 0 Å². The van der Waals surface area contributed by atoms with Crippen LogP contribution in [0.3, 0.4) is 0 Å². The molecule has 1 saturated heterocycles. The minimum Gasteiger partial charge on any atom is -0.465 e. The SMILES string of the molecule is CC[C@H]1OCC(OC)[C@@H]1Nc1cc(Cl)cc(C(=O)OC)c1C. The molecule has 6 heteroatoms. The Morgan fingerprint density at radius 1 is 1.45 bits per heavy atom. The molecule has 0 radical (unpaired) electrons. The van der Waals surface area contributed by atoms with Gasteiger partial charge in [-0.15, -0.1) is 0 Å². The average molecular weight is 328 g/mol. The number of nitrogens with one attached hydrogen (secondary N) is 1. The van der Waals surface area contributed by atoms with Gasteiger partial charge in [-0.2, -0.15) is 0 Å². The summed E-state index contributed by atoms with van der Waals surface area (Å²) in [6.07, 6.45) is 0.899. The molecule has 0 spiro atoms. The molecule has 1 fully saturated rings. The molecule has 122 valence electrons. The molecule has 1 heterocycles. The minimum absolute atomic E-state index is 0.0117. The molecule has 0 aromatic heterocycles. The van der Waals surface area contributed by atoms with E-state index < -0.39 is 5.97 Å². The summed E-state index contributed by atoms with van der Waals surface area (Å²) in [6.45, 7) is 4.49. The maximum Gasteiger partial charge on any atom is 0.338 e. The van der Waals surface area contributed by atoms with Gasteiger partial charge in [-0.3, -0.25) is 0 Å². The van der Waals surface area contributed by atoms with Crippen molar-refractivity contribution in [3.05, 3.63) is 28.3 Å². The first-order valence-corrected chi connectivity index (χ1v) is 7.69. The van der Waals surface area contributed by atoms with Crippen molar-refractivity contribution in [1.29, 1.82) is 0 Å². The van der Waals surface area contributed by atoms with Gasteiger partial charge in [0.15, 0.2) is 0 Å². The summed E-state index contributed by atoms with van der Waals surface area (Å²) in [4.78, 5) is 11.9. The fourth-order valence-corrected chi connectivity index (χ4v) is 2.99. The van der Waals surface area contributed by atoms with Gasteiger partial charge in [0.2, 0.25) is 0 Å². The minimum atomic E-state index is -0.402. The predicted octanol–water partition coefficient (Wildman–Crippen LogP) is 3.04. The summed E-state index contributed by atoms with van der Waals surface area (Å²) < 4.78 is 16.0. The lowest BCUT2D eigenvalue weighted by Gasteiger charge is -2.25. The third-order valence-corrected chi connectivity index (χ3v) is 4.30. The van der Waals surface area contributed by atoms with Crippen LogP contribution in [0.1, 0.15) is 29.3 Å². The Morgan fingerprint density at radius 2 is 2.18 bits per heavy atom. The van der Waals surface area contributed by atoms with Crippen molar-refractivity contribution < 1.29 is 19.0 Å². The van der Waals surface area contributed by atoms with Crippen molar-refractivity contribution in [1.82, 2.24) is 0 Å². The number of anilines is 1. The second kappa shape index (κ2) is 7.31. The van der Waals surface area contributed by atoms with E-state index in [2.05, 4.69) is 12.2 Å². The summed E-state index contributed by atoms with van der Waals surface area (Å²) in [5.74, 6) is -0.402. The Kier molecular flexibility index (Phi) is 5.67. The highest BCUT2D eigenvalue weighted by Gasteiger charge is 2.36. The van der Waals surface area contributed by atoms with E-state index in [4.69, 9.17) is 25.8 Å². The van der Waals surface area contributed by atoms with Crippen LogP contribution < -0.4 is 5.32 Å².